The highest BCUT2D eigenvalue weighted by molar-refractivity contribution is 5.76. The summed E-state index contributed by atoms with van der Waals surface area (Å²) in [4.78, 5) is 18.6. The fraction of sp³-hybridized carbons (Fsp3) is 0.217. The van der Waals surface area contributed by atoms with Crippen molar-refractivity contribution in [2.45, 2.75) is 26.3 Å². The van der Waals surface area contributed by atoms with Crippen molar-refractivity contribution in [2.24, 2.45) is 0 Å². The van der Waals surface area contributed by atoms with Gasteiger partial charge in [-0.2, -0.15) is 10.2 Å². The van der Waals surface area contributed by atoms with Crippen LogP contribution in [0.4, 0.5) is 4.39 Å². The molecule has 2 aromatic carbocycles. The van der Waals surface area contributed by atoms with Gasteiger partial charge in [-0.25, -0.2) is 4.39 Å². The molecule has 0 aliphatic rings. The number of amides is 1. The number of aromatic nitrogens is 2. The number of carbonyl (C=O) groups is 1. The van der Waals surface area contributed by atoms with Crippen molar-refractivity contribution in [1.29, 1.82) is 5.26 Å². The first-order valence-corrected chi connectivity index (χ1v) is 9.47. The number of hydrogen-bond donors (Lipinski definition) is 0. The molecular weight excluding hydrogens is 383 g/mol. The molecule has 0 spiro atoms. The van der Waals surface area contributed by atoms with Gasteiger partial charge in [0.25, 0.3) is 0 Å². The van der Waals surface area contributed by atoms with Gasteiger partial charge in [0.1, 0.15) is 5.82 Å². The Morgan fingerprint density at radius 1 is 1.30 bits per heavy atom. The highest BCUT2D eigenvalue weighted by atomic mass is 19.1. The highest BCUT2D eigenvalue weighted by Crippen LogP contribution is 2.19. The van der Waals surface area contributed by atoms with Crippen LogP contribution in [0.15, 0.2) is 59.6 Å². The van der Waals surface area contributed by atoms with Gasteiger partial charge in [-0.1, -0.05) is 35.5 Å². The second-order valence-corrected chi connectivity index (χ2v) is 6.85. The number of rotatable bonds is 8. The summed E-state index contributed by atoms with van der Waals surface area (Å²) in [5, 5.41) is 12.8. The molecule has 0 radical (unpaired) electrons. The van der Waals surface area contributed by atoms with Crippen molar-refractivity contribution in [3.05, 3.63) is 83.5 Å². The molecule has 0 aliphatic heterocycles. The molecule has 0 atom stereocenters. The van der Waals surface area contributed by atoms with Crippen LogP contribution in [0.5, 0.6) is 0 Å². The molecule has 0 fully saturated rings. The fourth-order valence-electron chi connectivity index (χ4n) is 2.89. The van der Waals surface area contributed by atoms with E-state index in [-0.39, 0.29) is 30.4 Å². The molecule has 7 heteroatoms. The van der Waals surface area contributed by atoms with Gasteiger partial charge in [0.2, 0.25) is 17.6 Å². The van der Waals surface area contributed by atoms with E-state index in [2.05, 4.69) is 22.8 Å². The molecule has 1 heterocycles. The largest absolute Gasteiger partial charge is 0.339 e. The van der Waals surface area contributed by atoms with Crippen molar-refractivity contribution >= 4 is 5.91 Å². The van der Waals surface area contributed by atoms with E-state index in [4.69, 9.17) is 9.78 Å². The number of nitrogens with zero attached hydrogens (tertiary/aromatic N) is 4. The summed E-state index contributed by atoms with van der Waals surface area (Å²) < 4.78 is 19.0. The summed E-state index contributed by atoms with van der Waals surface area (Å²) in [6.07, 6.45) is 2.13. The van der Waals surface area contributed by atoms with Crippen LogP contribution in [0.2, 0.25) is 0 Å². The van der Waals surface area contributed by atoms with Crippen LogP contribution in [0.3, 0.4) is 0 Å². The topological polar surface area (TPSA) is 83.0 Å². The maximum absolute atomic E-state index is 13.7. The second-order valence-electron chi connectivity index (χ2n) is 6.85. The minimum absolute atomic E-state index is 0.0830. The zero-order valence-electron chi connectivity index (χ0n) is 16.6. The van der Waals surface area contributed by atoms with Gasteiger partial charge in [0.15, 0.2) is 0 Å². The van der Waals surface area contributed by atoms with Gasteiger partial charge >= 0.3 is 0 Å². The number of aryl methyl sites for hydroxylation is 2. The quantitative estimate of drug-likeness (QED) is 0.526. The Morgan fingerprint density at radius 3 is 2.73 bits per heavy atom. The van der Waals surface area contributed by atoms with Gasteiger partial charge in [-0.3, -0.25) is 4.79 Å². The van der Waals surface area contributed by atoms with E-state index in [0.717, 1.165) is 5.56 Å². The van der Waals surface area contributed by atoms with E-state index < -0.39 is 0 Å². The number of nitriles is 1. The lowest BCUT2D eigenvalue weighted by Crippen LogP contribution is -2.30. The van der Waals surface area contributed by atoms with Crippen LogP contribution in [0.25, 0.3) is 11.4 Å². The Bertz CT molecular complexity index is 1080. The maximum Gasteiger partial charge on any atom is 0.227 e. The smallest absolute Gasteiger partial charge is 0.227 e. The SMILES string of the molecule is C=CCN(Cc1ccc(C#N)cc1)C(=O)CCc1nc(-c2ccc(C)c(F)c2)no1. The molecule has 1 aromatic heterocycles. The van der Waals surface area contributed by atoms with Crippen LogP contribution in [0.1, 0.15) is 29.0 Å². The van der Waals surface area contributed by atoms with Gasteiger partial charge in [0, 0.05) is 31.5 Å². The molecule has 0 N–H and O–H groups in total. The number of hydrogen-bond acceptors (Lipinski definition) is 5. The van der Waals surface area contributed by atoms with Crippen LogP contribution in [0, 0.1) is 24.1 Å². The van der Waals surface area contributed by atoms with Gasteiger partial charge in [0.05, 0.1) is 11.6 Å². The standard InChI is InChI=1S/C23H21FN4O2/c1-3-12-28(15-18-7-5-17(14-25)6-8-18)22(29)11-10-21-26-23(27-30-21)19-9-4-16(2)20(24)13-19/h3-9,13H,1,10-12,15H2,2H3. The van der Waals surface area contributed by atoms with Crippen molar-refractivity contribution in [1.82, 2.24) is 15.0 Å². The van der Waals surface area contributed by atoms with Gasteiger partial charge in [-0.15, -0.1) is 6.58 Å². The normalized spacial score (nSPS) is 10.4. The molecule has 0 unspecified atom stereocenters. The van der Waals surface area contributed by atoms with E-state index in [0.29, 0.717) is 35.7 Å². The van der Waals surface area contributed by atoms with Crippen LogP contribution in [-0.4, -0.2) is 27.5 Å². The van der Waals surface area contributed by atoms with Gasteiger partial charge < -0.3 is 9.42 Å². The molecule has 30 heavy (non-hydrogen) atoms. The minimum atomic E-state index is -0.336. The Labute approximate surface area is 174 Å². The molecule has 3 rings (SSSR count). The second kappa shape index (κ2) is 9.61. The lowest BCUT2D eigenvalue weighted by molar-refractivity contribution is -0.131. The third kappa shape index (κ3) is 5.17. The predicted molar refractivity (Wildman–Crippen MR) is 110 cm³/mol. The minimum Gasteiger partial charge on any atom is -0.339 e. The average Bonchev–Trinajstić information content (AvgIpc) is 3.23. The van der Waals surface area contributed by atoms with Crippen molar-refractivity contribution < 1.29 is 13.7 Å². The van der Waals surface area contributed by atoms with E-state index in [1.807, 2.05) is 12.1 Å². The van der Waals surface area contributed by atoms with Crippen molar-refractivity contribution in [3.63, 3.8) is 0 Å². The summed E-state index contributed by atoms with van der Waals surface area (Å²) in [6.45, 7) is 6.20. The van der Waals surface area contributed by atoms with E-state index in [1.54, 1.807) is 42.2 Å². The molecule has 0 bridgehead atoms. The fourth-order valence-corrected chi connectivity index (χ4v) is 2.89. The molecule has 3 aromatic rings. The van der Waals surface area contributed by atoms with E-state index in [9.17, 15) is 9.18 Å². The summed E-state index contributed by atoms with van der Waals surface area (Å²) >= 11 is 0. The lowest BCUT2D eigenvalue weighted by Gasteiger charge is -2.21. The first-order valence-electron chi connectivity index (χ1n) is 9.47. The van der Waals surface area contributed by atoms with Crippen LogP contribution in [-0.2, 0) is 17.8 Å². The summed E-state index contributed by atoms with van der Waals surface area (Å²) in [5.41, 5.74) is 2.55. The number of carbonyl (C=O) groups excluding carboxylic acids is 1. The Hall–Kier alpha value is -3.79. The number of benzene rings is 2. The van der Waals surface area contributed by atoms with E-state index in [1.165, 1.54) is 6.07 Å². The first kappa shape index (κ1) is 20.9. The first-order chi connectivity index (χ1) is 14.5. The maximum atomic E-state index is 13.7. The average molecular weight is 404 g/mol. The van der Waals surface area contributed by atoms with E-state index >= 15 is 0 Å². The number of halogens is 1. The third-order valence-electron chi connectivity index (χ3n) is 4.61. The summed E-state index contributed by atoms with van der Waals surface area (Å²) in [7, 11) is 0. The molecule has 0 aliphatic carbocycles. The molecule has 0 saturated carbocycles. The zero-order valence-corrected chi connectivity index (χ0v) is 16.6. The van der Waals surface area contributed by atoms with Crippen LogP contribution >= 0.6 is 0 Å². The lowest BCUT2D eigenvalue weighted by atomic mass is 10.1. The third-order valence-corrected chi connectivity index (χ3v) is 4.61. The Kier molecular flexibility index (Phi) is 6.71. The molecule has 1 amide bonds. The zero-order chi connectivity index (χ0) is 21.5. The Balaban J connectivity index is 1.62. The highest BCUT2D eigenvalue weighted by Gasteiger charge is 2.16. The Morgan fingerprint density at radius 2 is 2.07 bits per heavy atom. The molecular formula is C23H21FN4O2. The van der Waals surface area contributed by atoms with Crippen molar-refractivity contribution in [2.75, 3.05) is 6.54 Å². The monoisotopic (exact) mass is 404 g/mol. The molecule has 152 valence electrons. The summed E-state index contributed by atoms with van der Waals surface area (Å²) in [5.74, 6) is 0.186. The van der Waals surface area contributed by atoms with Crippen molar-refractivity contribution in [3.8, 4) is 17.5 Å². The summed E-state index contributed by atoms with van der Waals surface area (Å²) in [6, 6.07) is 13.9. The predicted octanol–water partition coefficient (Wildman–Crippen LogP) is 4.20. The molecule has 0 saturated heterocycles. The van der Waals surface area contributed by atoms with Gasteiger partial charge in [-0.05, 0) is 36.2 Å². The molecule has 6 nitrogen and oxygen atoms in total. The van der Waals surface area contributed by atoms with Crippen LogP contribution < -0.4 is 0 Å².